The quantitative estimate of drug-likeness (QED) is 0.812. The van der Waals surface area contributed by atoms with E-state index in [1.807, 2.05) is 0 Å². The van der Waals surface area contributed by atoms with Crippen molar-refractivity contribution in [3.63, 3.8) is 0 Å². The number of aromatic nitrogens is 2. The summed E-state index contributed by atoms with van der Waals surface area (Å²) in [7, 11) is 0. The molecule has 4 nitrogen and oxygen atoms in total. The number of anilines is 2. The van der Waals surface area contributed by atoms with Gasteiger partial charge in [-0.05, 0) is 25.3 Å². The van der Waals surface area contributed by atoms with Gasteiger partial charge in [0.15, 0.2) is 0 Å². The van der Waals surface area contributed by atoms with E-state index < -0.39 is 0 Å². The van der Waals surface area contributed by atoms with Gasteiger partial charge in [0.2, 0.25) is 0 Å². The molecule has 0 aliphatic heterocycles. The molecule has 0 aliphatic carbocycles. The SMILES string of the molecule is CCCNc1ncnc(NCc2ccc(C)cc2)c1CC. The minimum absolute atomic E-state index is 0.775. The summed E-state index contributed by atoms with van der Waals surface area (Å²) in [6.07, 6.45) is 3.61. The first-order valence-electron chi connectivity index (χ1n) is 7.61. The molecule has 0 bridgehead atoms. The van der Waals surface area contributed by atoms with Crippen molar-refractivity contribution < 1.29 is 0 Å². The number of nitrogens with one attached hydrogen (secondary N) is 2. The second-order valence-corrected chi connectivity index (χ2v) is 5.17. The summed E-state index contributed by atoms with van der Waals surface area (Å²) < 4.78 is 0. The molecule has 2 aromatic rings. The Balaban J connectivity index is 2.10. The van der Waals surface area contributed by atoms with Crippen molar-refractivity contribution in [2.75, 3.05) is 17.2 Å². The normalized spacial score (nSPS) is 10.4. The van der Waals surface area contributed by atoms with Crippen LogP contribution in [0, 0.1) is 6.92 Å². The fourth-order valence-corrected chi connectivity index (χ4v) is 2.19. The van der Waals surface area contributed by atoms with E-state index in [0.717, 1.165) is 43.1 Å². The van der Waals surface area contributed by atoms with Crippen molar-refractivity contribution in [3.05, 3.63) is 47.3 Å². The van der Waals surface area contributed by atoms with E-state index in [0.29, 0.717) is 0 Å². The van der Waals surface area contributed by atoms with Gasteiger partial charge in [-0.3, -0.25) is 0 Å². The van der Waals surface area contributed by atoms with E-state index >= 15 is 0 Å². The predicted octanol–water partition coefficient (Wildman–Crippen LogP) is 3.78. The number of nitrogens with zero attached hydrogens (tertiary/aromatic N) is 2. The maximum absolute atomic E-state index is 4.39. The molecule has 1 heterocycles. The molecule has 21 heavy (non-hydrogen) atoms. The minimum atomic E-state index is 0.775. The van der Waals surface area contributed by atoms with E-state index in [2.05, 4.69) is 65.6 Å². The van der Waals surface area contributed by atoms with Crippen LogP contribution in [0.15, 0.2) is 30.6 Å². The average molecular weight is 284 g/mol. The molecule has 0 fully saturated rings. The molecule has 0 aliphatic rings. The van der Waals surface area contributed by atoms with Crippen LogP contribution in [-0.4, -0.2) is 16.5 Å². The maximum atomic E-state index is 4.39. The molecular weight excluding hydrogens is 260 g/mol. The minimum Gasteiger partial charge on any atom is -0.370 e. The zero-order valence-electron chi connectivity index (χ0n) is 13.1. The Hall–Kier alpha value is -2.10. The largest absolute Gasteiger partial charge is 0.370 e. The number of hydrogen-bond acceptors (Lipinski definition) is 4. The lowest BCUT2D eigenvalue weighted by Crippen LogP contribution is -2.10. The van der Waals surface area contributed by atoms with Crippen molar-refractivity contribution in [2.24, 2.45) is 0 Å². The predicted molar refractivity (Wildman–Crippen MR) is 88.7 cm³/mol. The fraction of sp³-hybridized carbons (Fsp3) is 0.412. The molecule has 112 valence electrons. The first-order chi connectivity index (χ1) is 10.2. The maximum Gasteiger partial charge on any atom is 0.134 e. The highest BCUT2D eigenvalue weighted by Gasteiger charge is 2.09. The van der Waals surface area contributed by atoms with Gasteiger partial charge in [0.1, 0.15) is 18.0 Å². The zero-order valence-corrected chi connectivity index (χ0v) is 13.1. The summed E-state index contributed by atoms with van der Waals surface area (Å²) >= 11 is 0. The standard InChI is InChI=1S/C17H24N4/c1-4-10-18-16-15(5-2)17(21-12-20-16)19-11-14-8-6-13(3)7-9-14/h6-9,12H,4-5,10-11H2,1-3H3,(H2,18,19,20,21). The average Bonchev–Trinajstić information content (AvgIpc) is 2.52. The van der Waals surface area contributed by atoms with Crippen LogP contribution in [-0.2, 0) is 13.0 Å². The van der Waals surface area contributed by atoms with E-state index in [4.69, 9.17) is 0 Å². The van der Waals surface area contributed by atoms with Crippen molar-refractivity contribution >= 4 is 11.6 Å². The summed E-state index contributed by atoms with van der Waals surface area (Å²) in [5, 5.41) is 6.79. The van der Waals surface area contributed by atoms with E-state index in [1.54, 1.807) is 6.33 Å². The Morgan fingerprint density at radius 1 is 0.952 bits per heavy atom. The molecule has 0 spiro atoms. The number of hydrogen-bond donors (Lipinski definition) is 2. The Bertz CT molecular complexity index is 564. The van der Waals surface area contributed by atoms with Gasteiger partial charge >= 0.3 is 0 Å². The Morgan fingerprint density at radius 2 is 1.62 bits per heavy atom. The number of aryl methyl sites for hydroxylation is 1. The lowest BCUT2D eigenvalue weighted by Gasteiger charge is -2.14. The Labute approximate surface area is 127 Å². The third-order valence-electron chi connectivity index (χ3n) is 3.42. The molecule has 4 heteroatoms. The van der Waals surface area contributed by atoms with Gasteiger partial charge < -0.3 is 10.6 Å². The lowest BCUT2D eigenvalue weighted by molar-refractivity contribution is 0.944. The number of benzene rings is 1. The second kappa shape index (κ2) is 7.62. The summed E-state index contributed by atoms with van der Waals surface area (Å²) in [6, 6.07) is 8.55. The van der Waals surface area contributed by atoms with Gasteiger partial charge in [-0.15, -0.1) is 0 Å². The van der Waals surface area contributed by atoms with Gasteiger partial charge in [0.25, 0.3) is 0 Å². The number of rotatable bonds is 7. The van der Waals surface area contributed by atoms with Gasteiger partial charge in [0.05, 0.1) is 0 Å². The van der Waals surface area contributed by atoms with Crippen molar-refractivity contribution in [2.45, 2.75) is 40.2 Å². The van der Waals surface area contributed by atoms with Crippen LogP contribution in [0.2, 0.25) is 0 Å². The second-order valence-electron chi connectivity index (χ2n) is 5.17. The van der Waals surface area contributed by atoms with Crippen LogP contribution in [0.1, 0.15) is 37.0 Å². The van der Waals surface area contributed by atoms with Crippen LogP contribution >= 0.6 is 0 Å². The van der Waals surface area contributed by atoms with Gasteiger partial charge in [-0.25, -0.2) is 9.97 Å². The monoisotopic (exact) mass is 284 g/mol. The van der Waals surface area contributed by atoms with Gasteiger partial charge in [0, 0.05) is 18.7 Å². The molecule has 0 saturated carbocycles. The smallest absolute Gasteiger partial charge is 0.134 e. The first-order valence-corrected chi connectivity index (χ1v) is 7.61. The molecule has 1 aromatic carbocycles. The van der Waals surface area contributed by atoms with E-state index in [-0.39, 0.29) is 0 Å². The molecular formula is C17H24N4. The van der Waals surface area contributed by atoms with Crippen molar-refractivity contribution in [3.8, 4) is 0 Å². The van der Waals surface area contributed by atoms with Gasteiger partial charge in [-0.1, -0.05) is 43.7 Å². The fourth-order valence-electron chi connectivity index (χ4n) is 2.19. The van der Waals surface area contributed by atoms with Crippen LogP contribution in [0.3, 0.4) is 0 Å². The summed E-state index contributed by atoms with van der Waals surface area (Å²) in [5.41, 5.74) is 3.68. The molecule has 0 unspecified atom stereocenters. The topological polar surface area (TPSA) is 49.8 Å². The first kappa shape index (κ1) is 15.3. The lowest BCUT2D eigenvalue weighted by atomic mass is 10.1. The van der Waals surface area contributed by atoms with Crippen LogP contribution in [0.5, 0.6) is 0 Å². The molecule has 0 saturated heterocycles. The molecule has 1 aromatic heterocycles. The molecule has 0 radical (unpaired) electrons. The van der Waals surface area contributed by atoms with Crippen molar-refractivity contribution in [1.29, 1.82) is 0 Å². The van der Waals surface area contributed by atoms with Gasteiger partial charge in [-0.2, -0.15) is 0 Å². The van der Waals surface area contributed by atoms with E-state index in [9.17, 15) is 0 Å². The molecule has 0 atom stereocenters. The third kappa shape index (κ3) is 4.18. The highest BCUT2D eigenvalue weighted by molar-refractivity contribution is 5.57. The van der Waals surface area contributed by atoms with Crippen molar-refractivity contribution in [1.82, 2.24) is 9.97 Å². The summed E-state index contributed by atoms with van der Waals surface area (Å²) in [6.45, 7) is 8.09. The summed E-state index contributed by atoms with van der Waals surface area (Å²) in [4.78, 5) is 8.74. The molecule has 2 rings (SSSR count). The van der Waals surface area contributed by atoms with Crippen LogP contribution in [0.4, 0.5) is 11.6 Å². The Kier molecular flexibility index (Phi) is 5.55. The van der Waals surface area contributed by atoms with Crippen LogP contribution < -0.4 is 10.6 Å². The van der Waals surface area contributed by atoms with E-state index in [1.165, 1.54) is 11.1 Å². The third-order valence-corrected chi connectivity index (χ3v) is 3.42. The van der Waals surface area contributed by atoms with Crippen LogP contribution in [0.25, 0.3) is 0 Å². The molecule has 2 N–H and O–H groups in total. The zero-order chi connectivity index (χ0) is 15.1. The highest BCUT2D eigenvalue weighted by Crippen LogP contribution is 2.21. The Morgan fingerprint density at radius 3 is 2.24 bits per heavy atom. The molecule has 0 amide bonds. The highest BCUT2D eigenvalue weighted by atomic mass is 15.1. The summed E-state index contributed by atoms with van der Waals surface area (Å²) in [5.74, 6) is 1.87.